The number of guanidine groups is 1. The molecule has 1 atom stereocenters. The zero-order chi connectivity index (χ0) is 18.1. The fraction of sp³-hybridized carbons (Fsp3) is 0.650. The number of anilines is 1. The lowest BCUT2D eigenvalue weighted by atomic mass is 9.92. The van der Waals surface area contributed by atoms with Crippen molar-refractivity contribution in [1.82, 2.24) is 4.90 Å². The number of benzene rings is 1. The molecule has 1 aliphatic heterocycles. The number of ether oxygens (including phenoxy) is 1. The Labute approximate surface area is 175 Å². The van der Waals surface area contributed by atoms with Gasteiger partial charge in [-0.3, -0.25) is 9.89 Å². The highest BCUT2D eigenvalue weighted by molar-refractivity contribution is 14.0. The fourth-order valence-corrected chi connectivity index (χ4v) is 3.51. The molecule has 1 heterocycles. The van der Waals surface area contributed by atoms with Crippen LogP contribution in [-0.4, -0.2) is 49.7 Å². The summed E-state index contributed by atoms with van der Waals surface area (Å²) in [5.41, 5.74) is 8.44. The van der Waals surface area contributed by atoms with Gasteiger partial charge in [-0.05, 0) is 30.0 Å². The number of rotatable bonds is 8. The summed E-state index contributed by atoms with van der Waals surface area (Å²) in [6, 6.07) is 8.79. The van der Waals surface area contributed by atoms with Crippen LogP contribution in [0.25, 0.3) is 0 Å². The van der Waals surface area contributed by atoms with Crippen LogP contribution in [0.15, 0.2) is 29.3 Å². The third-order valence-corrected chi connectivity index (χ3v) is 5.19. The summed E-state index contributed by atoms with van der Waals surface area (Å²) in [4.78, 5) is 7.18. The van der Waals surface area contributed by atoms with Crippen molar-refractivity contribution in [2.75, 3.05) is 38.2 Å². The Kier molecular flexibility index (Phi) is 11.2. The molecule has 0 bridgehead atoms. The zero-order valence-corrected chi connectivity index (χ0v) is 18.7. The Balaban J connectivity index is 0.00000338. The lowest BCUT2D eigenvalue weighted by Crippen LogP contribution is -2.48. The maximum absolute atomic E-state index is 6.13. The zero-order valence-electron chi connectivity index (χ0n) is 16.4. The third kappa shape index (κ3) is 7.04. The van der Waals surface area contributed by atoms with Crippen molar-refractivity contribution in [2.24, 2.45) is 16.6 Å². The predicted octanol–water partition coefficient (Wildman–Crippen LogP) is 3.73. The van der Waals surface area contributed by atoms with Gasteiger partial charge in [0.1, 0.15) is 0 Å². The van der Waals surface area contributed by atoms with Crippen molar-refractivity contribution < 1.29 is 4.74 Å². The van der Waals surface area contributed by atoms with Gasteiger partial charge < -0.3 is 15.8 Å². The van der Waals surface area contributed by atoms with Gasteiger partial charge in [0, 0.05) is 24.8 Å². The van der Waals surface area contributed by atoms with Crippen LogP contribution >= 0.6 is 24.0 Å². The lowest BCUT2D eigenvalue weighted by molar-refractivity contribution is 0.00398. The van der Waals surface area contributed by atoms with Gasteiger partial charge in [-0.2, -0.15) is 0 Å². The summed E-state index contributed by atoms with van der Waals surface area (Å²) in [6.07, 6.45) is 3.38. The SMILES string of the molecule is CCc1ccc(NC(N)=NCC(C(CC)CC)N2CCOCC2)cc1.I. The topological polar surface area (TPSA) is 62.9 Å². The van der Waals surface area contributed by atoms with Crippen LogP contribution in [0.3, 0.4) is 0 Å². The average Bonchev–Trinajstić information content (AvgIpc) is 2.66. The van der Waals surface area contributed by atoms with Gasteiger partial charge in [0.05, 0.1) is 19.8 Å². The maximum Gasteiger partial charge on any atom is 0.193 e. The molecule has 1 aliphatic rings. The molecule has 0 aliphatic carbocycles. The standard InChI is InChI=1S/C20H34N4O.HI/c1-4-16-7-9-18(10-8-16)23-20(21)22-15-19(17(5-2)6-3)24-11-13-25-14-12-24;/h7-10,17,19H,4-6,11-15H2,1-3H3,(H3,21,22,23);1H. The summed E-state index contributed by atoms with van der Waals surface area (Å²) in [5, 5.41) is 3.21. The third-order valence-electron chi connectivity index (χ3n) is 5.19. The van der Waals surface area contributed by atoms with E-state index in [0.29, 0.717) is 17.9 Å². The first kappa shape index (κ1) is 23.2. The maximum atomic E-state index is 6.13. The number of hydrogen-bond acceptors (Lipinski definition) is 3. The molecule has 0 aromatic heterocycles. The van der Waals surface area contributed by atoms with Gasteiger partial charge in [0.15, 0.2) is 5.96 Å². The highest BCUT2D eigenvalue weighted by Gasteiger charge is 2.26. The molecule has 1 unspecified atom stereocenters. The molecule has 1 fully saturated rings. The van der Waals surface area contributed by atoms with Crippen LogP contribution in [0.5, 0.6) is 0 Å². The molecule has 2 rings (SSSR count). The van der Waals surface area contributed by atoms with Crippen LogP contribution in [0.4, 0.5) is 5.69 Å². The molecule has 3 N–H and O–H groups in total. The van der Waals surface area contributed by atoms with Crippen LogP contribution in [0, 0.1) is 5.92 Å². The Morgan fingerprint density at radius 2 is 1.77 bits per heavy atom. The smallest absolute Gasteiger partial charge is 0.193 e. The fourth-order valence-electron chi connectivity index (χ4n) is 3.51. The second kappa shape index (κ2) is 12.5. The van der Waals surface area contributed by atoms with Gasteiger partial charge >= 0.3 is 0 Å². The summed E-state index contributed by atoms with van der Waals surface area (Å²) in [5.74, 6) is 1.13. The quantitative estimate of drug-likeness (QED) is 0.343. The largest absolute Gasteiger partial charge is 0.379 e. The van der Waals surface area contributed by atoms with E-state index in [4.69, 9.17) is 10.5 Å². The first-order valence-corrected chi connectivity index (χ1v) is 9.65. The van der Waals surface area contributed by atoms with Crippen LogP contribution in [0.1, 0.15) is 39.2 Å². The van der Waals surface area contributed by atoms with Crippen molar-refractivity contribution in [1.29, 1.82) is 0 Å². The Hall–Kier alpha value is -0.860. The number of nitrogens with zero attached hydrogens (tertiary/aromatic N) is 2. The number of nitrogens with two attached hydrogens (primary N) is 1. The number of aryl methyl sites for hydroxylation is 1. The predicted molar refractivity (Wildman–Crippen MR) is 122 cm³/mol. The number of halogens is 1. The minimum absolute atomic E-state index is 0. The van der Waals surface area contributed by atoms with Crippen molar-refractivity contribution in [3.63, 3.8) is 0 Å². The lowest BCUT2D eigenvalue weighted by Gasteiger charge is -2.38. The molecule has 0 saturated carbocycles. The van der Waals surface area contributed by atoms with Gasteiger partial charge in [0.2, 0.25) is 0 Å². The van der Waals surface area contributed by atoms with E-state index in [1.165, 1.54) is 18.4 Å². The molecule has 1 saturated heterocycles. The van der Waals surface area contributed by atoms with Gasteiger partial charge in [-0.1, -0.05) is 45.7 Å². The van der Waals surface area contributed by atoms with E-state index in [-0.39, 0.29) is 24.0 Å². The van der Waals surface area contributed by atoms with Crippen molar-refractivity contribution >= 4 is 35.6 Å². The minimum atomic E-state index is 0. The van der Waals surface area contributed by atoms with Crippen LogP contribution in [0.2, 0.25) is 0 Å². The normalized spacial score (nSPS) is 17.0. The van der Waals surface area contributed by atoms with Gasteiger partial charge in [0.25, 0.3) is 0 Å². The van der Waals surface area contributed by atoms with Crippen molar-refractivity contribution in [3.8, 4) is 0 Å². The Bertz CT molecular complexity index is 525. The molecule has 6 heteroatoms. The van der Waals surface area contributed by atoms with E-state index in [1.54, 1.807) is 0 Å². The molecule has 148 valence electrons. The van der Waals surface area contributed by atoms with Crippen LogP contribution in [-0.2, 0) is 11.2 Å². The van der Waals surface area contributed by atoms with Gasteiger partial charge in [-0.15, -0.1) is 24.0 Å². The van der Waals surface area contributed by atoms with Crippen LogP contribution < -0.4 is 11.1 Å². The van der Waals surface area contributed by atoms with E-state index in [9.17, 15) is 0 Å². The summed E-state index contributed by atoms with van der Waals surface area (Å²) in [7, 11) is 0. The minimum Gasteiger partial charge on any atom is -0.379 e. The van der Waals surface area contributed by atoms with Crippen molar-refractivity contribution in [3.05, 3.63) is 29.8 Å². The monoisotopic (exact) mass is 474 g/mol. The number of hydrogen-bond donors (Lipinski definition) is 2. The van der Waals surface area contributed by atoms with E-state index < -0.39 is 0 Å². The molecule has 1 aromatic carbocycles. The number of morpholine rings is 1. The molecule has 0 spiro atoms. The molecule has 1 aromatic rings. The highest BCUT2D eigenvalue weighted by Crippen LogP contribution is 2.20. The second-order valence-corrected chi connectivity index (χ2v) is 6.69. The van der Waals surface area contributed by atoms with E-state index in [0.717, 1.165) is 45.0 Å². The Morgan fingerprint density at radius 1 is 1.15 bits per heavy atom. The Morgan fingerprint density at radius 3 is 2.31 bits per heavy atom. The van der Waals surface area contributed by atoms with Gasteiger partial charge in [-0.25, -0.2) is 0 Å². The first-order chi connectivity index (χ1) is 12.2. The summed E-state index contributed by atoms with van der Waals surface area (Å²) >= 11 is 0. The number of aliphatic imine (C=N–C) groups is 1. The molecule has 0 amide bonds. The average molecular weight is 474 g/mol. The molecular weight excluding hydrogens is 439 g/mol. The summed E-state index contributed by atoms with van der Waals surface area (Å²) < 4.78 is 5.51. The molecule has 5 nitrogen and oxygen atoms in total. The molecule has 26 heavy (non-hydrogen) atoms. The molecular formula is C20H35IN4O. The second-order valence-electron chi connectivity index (χ2n) is 6.69. The van der Waals surface area contributed by atoms with E-state index >= 15 is 0 Å². The first-order valence-electron chi connectivity index (χ1n) is 9.65. The van der Waals surface area contributed by atoms with E-state index in [1.807, 2.05) is 0 Å². The highest BCUT2D eigenvalue weighted by atomic mass is 127. The van der Waals surface area contributed by atoms with Crippen molar-refractivity contribution in [2.45, 2.75) is 46.1 Å². The number of nitrogens with one attached hydrogen (secondary N) is 1. The van der Waals surface area contributed by atoms with E-state index in [2.05, 4.69) is 60.2 Å². The molecule has 0 radical (unpaired) electrons. The summed E-state index contributed by atoms with van der Waals surface area (Å²) in [6.45, 7) is 11.0.